The van der Waals surface area contributed by atoms with Gasteiger partial charge >= 0.3 is 0 Å². The van der Waals surface area contributed by atoms with Crippen LogP contribution in [0.15, 0.2) is 29.6 Å². The quantitative estimate of drug-likeness (QED) is 0.813. The number of hydrogen-bond donors (Lipinski definition) is 1. The molecule has 96 valence electrons. The number of methoxy groups -OCH3 is 1. The Morgan fingerprint density at radius 2 is 2.06 bits per heavy atom. The van der Waals surface area contributed by atoms with E-state index in [2.05, 4.69) is 15.7 Å². The SMILES string of the molecule is CNCCCc1nc(-c2ccc(OC)cc2)cs1. The molecule has 0 atom stereocenters. The molecule has 0 aliphatic heterocycles. The van der Waals surface area contributed by atoms with Crippen molar-refractivity contribution in [3.63, 3.8) is 0 Å². The maximum Gasteiger partial charge on any atom is 0.118 e. The second-order valence-electron chi connectivity index (χ2n) is 4.06. The highest BCUT2D eigenvalue weighted by Crippen LogP contribution is 2.24. The molecule has 0 saturated carbocycles. The summed E-state index contributed by atoms with van der Waals surface area (Å²) in [5.74, 6) is 0.878. The zero-order chi connectivity index (χ0) is 12.8. The van der Waals surface area contributed by atoms with Crippen LogP contribution in [0.3, 0.4) is 0 Å². The summed E-state index contributed by atoms with van der Waals surface area (Å²) < 4.78 is 5.15. The van der Waals surface area contributed by atoms with Crippen LogP contribution in [-0.2, 0) is 6.42 Å². The number of benzene rings is 1. The third kappa shape index (κ3) is 3.31. The first kappa shape index (κ1) is 13.1. The van der Waals surface area contributed by atoms with Gasteiger partial charge in [0.1, 0.15) is 5.75 Å². The predicted molar refractivity (Wildman–Crippen MR) is 76.3 cm³/mol. The third-order valence-corrected chi connectivity index (χ3v) is 3.66. The van der Waals surface area contributed by atoms with E-state index in [0.29, 0.717) is 0 Å². The number of aryl methyl sites for hydroxylation is 1. The van der Waals surface area contributed by atoms with E-state index >= 15 is 0 Å². The number of nitrogens with zero attached hydrogens (tertiary/aromatic N) is 1. The Morgan fingerprint density at radius 3 is 2.72 bits per heavy atom. The van der Waals surface area contributed by atoms with Gasteiger partial charge in [0.25, 0.3) is 0 Å². The Hall–Kier alpha value is -1.39. The fraction of sp³-hybridized carbons (Fsp3) is 0.357. The lowest BCUT2D eigenvalue weighted by Crippen LogP contribution is -2.08. The molecule has 2 aromatic rings. The Morgan fingerprint density at radius 1 is 1.28 bits per heavy atom. The topological polar surface area (TPSA) is 34.2 Å². The molecule has 0 unspecified atom stereocenters. The lowest BCUT2D eigenvalue weighted by molar-refractivity contribution is 0.415. The first-order valence-corrected chi connectivity index (χ1v) is 6.95. The molecule has 0 aliphatic rings. The smallest absolute Gasteiger partial charge is 0.118 e. The van der Waals surface area contributed by atoms with Gasteiger partial charge in [0.15, 0.2) is 0 Å². The van der Waals surface area contributed by atoms with E-state index in [1.54, 1.807) is 18.4 Å². The standard InChI is InChI=1S/C14H18N2OS/c1-15-9-3-4-14-16-13(10-18-14)11-5-7-12(17-2)8-6-11/h5-8,10,15H,3-4,9H2,1-2H3. The third-order valence-electron chi connectivity index (χ3n) is 2.75. The van der Waals surface area contributed by atoms with Crippen molar-refractivity contribution in [3.05, 3.63) is 34.7 Å². The van der Waals surface area contributed by atoms with Gasteiger partial charge in [-0.2, -0.15) is 0 Å². The minimum atomic E-state index is 0.878. The molecule has 1 aromatic heterocycles. The van der Waals surface area contributed by atoms with Crippen LogP contribution >= 0.6 is 11.3 Å². The van der Waals surface area contributed by atoms with Crippen LogP contribution in [0.5, 0.6) is 5.75 Å². The zero-order valence-electron chi connectivity index (χ0n) is 10.8. The van der Waals surface area contributed by atoms with E-state index in [1.807, 2.05) is 31.3 Å². The highest BCUT2D eigenvalue weighted by atomic mass is 32.1. The summed E-state index contributed by atoms with van der Waals surface area (Å²) in [6.45, 7) is 1.04. The molecule has 1 N–H and O–H groups in total. The number of thiazole rings is 1. The minimum absolute atomic E-state index is 0.878. The van der Waals surface area contributed by atoms with Crippen molar-refractivity contribution in [3.8, 4) is 17.0 Å². The molecule has 0 aliphatic carbocycles. The highest BCUT2D eigenvalue weighted by Gasteiger charge is 2.04. The molecule has 0 bridgehead atoms. The predicted octanol–water partition coefficient (Wildman–Crippen LogP) is 2.97. The normalized spacial score (nSPS) is 10.6. The lowest BCUT2D eigenvalue weighted by atomic mass is 10.2. The Labute approximate surface area is 112 Å². The van der Waals surface area contributed by atoms with Gasteiger partial charge in [-0.25, -0.2) is 4.98 Å². The van der Waals surface area contributed by atoms with Crippen LogP contribution in [0.1, 0.15) is 11.4 Å². The van der Waals surface area contributed by atoms with E-state index in [4.69, 9.17) is 4.74 Å². The molecule has 0 saturated heterocycles. The van der Waals surface area contributed by atoms with E-state index in [0.717, 1.165) is 36.4 Å². The van der Waals surface area contributed by atoms with Crippen LogP contribution < -0.4 is 10.1 Å². The Balaban J connectivity index is 2.04. The minimum Gasteiger partial charge on any atom is -0.497 e. The fourth-order valence-electron chi connectivity index (χ4n) is 1.74. The average Bonchev–Trinajstić information content (AvgIpc) is 2.88. The second kappa shape index (κ2) is 6.52. The molecule has 1 heterocycles. The van der Waals surface area contributed by atoms with Gasteiger partial charge in [-0.1, -0.05) is 0 Å². The summed E-state index contributed by atoms with van der Waals surface area (Å²) in [5.41, 5.74) is 2.20. The molecule has 4 heteroatoms. The summed E-state index contributed by atoms with van der Waals surface area (Å²) in [6, 6.07) is 8.03. The fourth-order valence-corrected chi connectivity index (χ4v) is 2.59. The van der Waals surface area contributed by atoms with E-state index in [9.17, 15) is 0 Å². The zero-order valence-corrected chi connectivity index (χ0v) is 11.6. The molecular formula is C14H18N2OS. The van der Waals surface area contributed by atoms with E-state index < -0.39 is 0 Å². The first-order chi connectivity index (χ1) is 8.83. The summed E-state index contributed by atoms with van der Waals surface area (Å²) in [4.78, 5) is 4.66. The summed E-state index contributed by atoms with van der Waals surface area (Å²) >= 11 is 1.73. The molecule has 0 spiro atoms. The van der Waals surface area contributed by atoms with E-state index in [-0.39, 0.29) is 0 Å². The van der Waals surface area contributed by atoms with Crippen molar-refractivity contribution in [2.45, 2.75) is 12.8 Å². The van der Waals surface area contributed by atoms with Crippen LogP contribution in [0.2, 0.25) is 0 Å². The summed E-state index contributed by atoms with van der Waals surface area (Å²) in [5, 5.41) is 6.48. The highest BCUT2D eigenvalue weighted by molar-refractivity contribution is 7.09. The van der Waals surface area contributed by atoms with Crippen molar-refractivity contribution in [2.24, 2.45) is 0 Å². The van der Waals surface area contributed by atoms with Crippen molar-refractivity contribution >= 4 is 11.3 Å². The average molecular weight is 262 g/mol. The van der Waals surface area contributed by atoms with Gasteiger partial charge in [-0.3, -0.25) is 0 Å². The molecule has 0 fully saturated rings. The number of nitrogens with one attached hydrogen (secondary N) is 1. The summed E-state index contributed by atoms with van der Waals surface area (Å²) in [6.07, 6.45) is 2.17. The Bertz CT molecular complexity index is 479. The molecule has 1 aromatic carbocycles. The van der Waals surface area contributed by atoms with E-state index in [1.165, 1.54) is 5.01 Å². The maximum absolute atomic E-state index is 5.15. The molecule has 0 amide bonds. The van der Waals surface area contributed by atoms with Crippen molar-refractivity contribution in [1.29, 1.82) is 0 Å². The van der Waals surface area contributed by atoms with Crippen LogP contribution in [-0.4, -0.2) is 25.7 Å². The Kier molecular flexibility index (Phi) is 4.73. The van der Waals surface area contributed by atoms with Crippen LogP contribution in [0.4, 0.5) is 0 Å². The van der Waals surface area contributed by atoms with Gasteiger partial charge in [-0.05, 0) is 44.3 Å². The molecule has 3 nitrogen and oxygen atoms in total. The summed E-state index contributed by atoms with van der Waals surface area (Å²) in [7, 11) is 3.66. The molecule has 2 rings (SSSR count). The monoisotopic (exact) mass is 262 g/mol. The first-order valence-electron chi connectivity index (χ1n) is 6.07. The second-order valence-corrected chi connectivity index (χ2v) is 5.00. The number of ether oxygens (including phenoxy) is 1. The molecular weight excluding hydrogens is 244 g/mol. The van der Waals surface area contributed by atoms with Gasteiger partial charge < -0.3 is 10.1 Å². The van der Waals surface area contributed by atoms with Gasteiger partial charge in [0.2, 0.25) is 0 Å². The van der Waals surface area contributed by atoms with Crippen LogP contribution in [0.25, 0.3) is 11.3 Å². The number of rotatable bonds is 6. The van der Waals surface area contributed by atoms with Crippen molar-refractivity contribution in [1.82, 2.24) is 10.3 Å². The maximum atomic E-state index is 5.15. The van der Waals surface area contributed by atoms with Gasteiger partial charge in [0, 0.05) is 17.4 Å². The number of aromatic nitrogens is 1. The molecule has 18 heavy (non-hydrogen) atoms. The van der Waals surface area contributed by atoms with Crippen LogP contribution in [0, 0.1) is 0 Å². The number of hydrogen-bond acceptors (Lipinski definition) is 4. The lowest BCUT2D eigenvalue weighted by Gasteiger charge is -2.00. The van der Waals surface area contributed by atoms with Crippen molar-refractivity contribution in [2.75, 3.05) is 20.7 Å². The van der Waals surface area contributed by atoms with Crippen molar-refractivity contribution < 1.29 is 4.74 Å². The van der Waals surface area contributed by atoms with Gasteiger partial charge in [-0.15, -0.1) is 11.3 Å². The molecule has 0 radical (unpaired) electrons. The van der Waals surface area contributed by atoms with Gasteiger partial charge in [0.05, 0.1) is 17.8 Å². The largest absolute Gasteiger partial charge is 0.497 e.